The summed E-state index contributed by atoms with van der Waals surface area (Å²) in [5, 5.41) is 9.16. The first-order valence-electron chi connectivity index (χ1n) is 6.29. The lowest BCUT2D eigenvalue weighted by Crippen LogP contribution is -1.99. The highest BCUT2D eigenvalue weighted by Gasteiger charge is 2.09. The lowest BCUT2D eigenvalue weighted by Gasteiger charge is -2.12. The van der Waals surface area contributed by atoms with Gasteiger partial charge in [-0.05, 0) is 80.1 Å². The van der Waals surface area contributed by atoms with Crippen molar-refractivity contribution in [2.24, 2.45) is 0 Å². The Morgan fingerprint density at radius 2 is 1.60 bits per heavy atom. The quantitative estimate of drug-likeness (QED) is 0.792. The summed E-state index contributed by atoms with van der Waals surface area (Å²) >= 11 is 6.94. The maximum Gasteiger partial charge on any atom is 0.148 e. The molecule has 20 heavy (non-hydrogen) atoms. The Bertz CT molecular complexity index is 601. The molecule has 1 N–H and O–H groups in total. The molecule has 0 unspecified atom stereocenters. The predicted molar refractivity (Wildman–Crippen MR) is 88.0 cm³/mol. The second-order valence-electron chi connectivity index (χ2n) is 4.75. The number of hydrogen-bond donors (Lipinski definition) is 1. The molecule has 0 atom stereocenters. The first-order valence-corrected chi connectivity index (χ1v) is 7.87. The number of aryl methyl sites for hydroxylation is 2. The molecule has 0 aliphatic rings. The monoisotopic (exact) mass is 398 g/mol. The largest absolute Gasteiger partial charge is 0.487 e. The Hall–Kier alpha value is -0.840. The molecule has 2 nitrogen and oxygen atoms in total. The van der Waals surface area contributed by atoms with Gasteiger partial charge in [-0.2, -0.15) is 0 Å². The molecule has 106 valence electrons. The zero-order valence-electron chi connectivity index (χ0n) is 11.4. The first-order chi connectivity index (χ1) is 9.51. The number of aliphatic hydroxyl groups is 1. The highest BCUT2D eigenvalue weighted by Crippen LogP contribution is 2.35. The molecule has 0 fully saturated rings. The van der Waals surface area contributed by atoms with E-state index < -0.39 is 0 Å². The molecule has 0 saturated carbocycles. The fraction of sp³-hybridized carbons (Fsp3) is 0.250. The van der Waals surface area contributed by atoms with Gasteiger partial charge in [0, 0.05) is 0 Å². The minimum absolute atomic E-state index is 0.00857. The molecule has 2 aromatic rings. The molecule has 0 radical (unpaired) electrons. The van der Waals surface area contributed by atoms with Crippen molar-refractivity contribution in [1.29, 1.82) is 0 Å². The second kappa shape index (κ2) is 6.74. The van der Waals surface area contributed by atoms with E-state index in [1.54, 1.807) is 0 Å². The summed E-state index contributed by atoms with van der Waals surface area (Å²) in [7, 11) is 0. The number of rotatable bonds is 4. The average molecular weight is 400 g/mol. The van der Waals surface area contributed by atoms with E-state index in [0.29, 0.717) is 6.61 Å². The van der Waals surface area contributed by atoms with Crippen LogP contribution >= 0.6 is 31.9 Å². The number of ether oxygens (including phenoxy) is 1. The molecule has 0 saturated heterocycles. The second-order valence-corrected chi connectivity index (χ2v) is 6.46. The molecule has 0 aliphatic heterocycles. The van der Waals surface area contributed by atoms with Crippen LogP contribution in [-0.4, -0.2) is 5.11 Å². The smallest absolute Gasteiger partial charge is 0.148 e. The average Bonchev–Trinajstić information content (AvgIpc) is 2.41. The van der Waals surface area contributed by atoms with E-state index in [4.69, 9.17) is 9.84 Å². The SMILES string of the molecule is Cc1ccc(COc2c(Br)cc(CO)cc2Br)cc1C. The van der Waals surface area contributed by atoms with E-state index in [1.807, 2.05) is 12.1 Å². The summed E-state index contributed by atoms with van der Waals surface area (Å²) in [6, 6.07) is 10.0. The summed E-state index contributed by atoms with van der Waals surface area (Å²) in [4.78, 5) is 0. The minimum Gasteiger partial charge on any atom is -0.487 e. The van der Waals surface area contributed by atoms with Gasteiger partial charge < -0.3 is 9.84 Å². The van der Waals surface area contributed by atoms with Crippen molar-refractivity contribution in [2.75, 3.05) is 0 Å². The van der Waals surface area contributed by atoms with Gasteiger partial charge in [0.25, 0.3) is 0 Å². The van der Waals surface area contributed by atoms with E-state index in [1.165, 1.54) is 11.1 Å². The lowest BCUT2D eigenvalue weighted by molar-refractivity contribution is 0.280. The van der Waals surface area contributed by atoms with Gasteiger partial charge in [0.15, 0.2) is 0 Å². The molecule has 0 amide bonds. The van der Waals surface area contributed by atoms with Crippen LogP contribution in [0.2, 0.25) is 0 Å². The van der Waals surface area contributed by atoms with Crippen molar-refractivity contribution < 1.29 is 9.84 Å². The van der Waals surface area contributed by atoms with E-state index in [2.05, 4.69) is 63.9 Å². The summed E-state index contributed by atoms with van der Waals surface area (Å²) in [5.74, 6) is 0.750. The van der Waals surface area contributed by atoms with Crippen molar-refractivity contribution in [3.8, 4) is 5.75 Å². The van der Waals surface area contributed by atoms with Crippen molar-refractivity contribution in [2.45, 2.75) is 27.1 Å². The van der Waals surface area contributed by atoms with E-state index in [9.17, 15) is 0 Å². The standard InChI is InChI=1S/C16H16Br2O2/c1-10-3-4-12(5-11(10)2)9-20-16-14(17)6-13(8-19)7-15(16)18/h3-7,19H,8-9H2,1-2H3. The van der Waals surface area contributed by atoms with Crippen LogP contribution in [0.4, 0.5) is 0 Å². The topological polar surface area (TPSA) is 29.5 Å². The summed E-state index contributed by atoms with van der Waals surface area (Å²) in [6.45, 7) is 4.72. The van der Waals surface area contributed by atoms with E-state index >= 15 is 0 Å². The Labute approximate surface area is 136 Å². The Morgan fingerprint density at radius 1 is 0.950 bits per heavy atom. The van der Waals surface area contributed by atoms with Crippen LogP contribution in [0.25, 0.3) is 0 Å². The molecular weight excluding hydrogens is 384 g/mol. The lowest BCUT2D eigenvalue weighted by atomic mass is 10.1. The molecule has 0 heterocycles. The molecule has 4 heteroatoms. The van der Waals surface area contributed by atoms with Crippen molar-refractivity contribution in [3.05, 3.63) is 61.5 Å². The highest BCUT2D eigenvalue weighted by molar-refractivity contribution is 9.11. The predicted octanol–water partition coefficient (Wildman–Crippen LogP) is 4.90. The highest BCUT2D eigenvalue weighted by atomic mass is 79.9. The zero-order chi connectivity index (χ0) is 14.7. The fourth-order valence-electron chi connectivity index (χ4n) is 1.89. The van der Waals surface area contributed by atoms with Crippen LogP contribution in [-0.2, 0) is 13.2 Å². The minimum atomic E-state index is 0.00857. The van der Waals surface area contributed by atoms with Gasteiger partial charge in [-0.1, -0.05) is 18.2 Å². The first kappa shape index (κ1) is 15.5. The zero-order valence-corrected chi connectivity index (χ0v) is 14.6. The number of aliphatic hydroxyl groups excluding tert-OH is 1. The Balaban J connectivity index is 2.16. The third-order valence-corrected chi connectivity index (χ3v) is 4.37. The molecular formula is C16H16Br2O2. The molecule has 0 aromatic heterocycles. The third-order valence-electron chi connectivity index (χ3n) is 3.20. The van der Waals surface area contributed by atoms with Crippen LogP contribution < -0.4 is 4.74 Å². The Morgan fingerprint density at radius 3 is 2.15 bits per heavy atom. The normalized spacial score (nSPS) is 10.7. The fourth-order valence-corrected chi connectivity index (χ4v) is 3.40. The van der Waals surface area contributed by atoms with Crippen LogP contribution in [0, 0.1) is 13.8 Å². The van der Waals surface area contributed by atoms with Gasteiger partial charge in [0.05, 0.1) is 15.6 Å². The van der Waals surface area contributed by atoms with Gasteiger partial charge in [-0.25, -0.2) is 0 Å². The molecule has 0 bridgehead atoms. The van der Waals surface area contributed by atoms with E-state index in [-0.39, 0.29) is 6.61 Å². The van der Waals surface area contributed by atoms with Crippen molar-refractivity contribution in [1.82, 2.24) is 0 Å². The number of hydrogen-bond acceptors (Lipinski definition) is 2. The number of benzene rings is 2. The van der Waals surface area contributed by atoms with Crippen LogP contribution in [0.15, 0.2) is 39.3 Å². The summed E-state index contributed by atoms with van der Waals surface area (Å²) in [5.41, 5.74) is 4.52. The number of halogens is 2. The van der Waals surface area contributed by atoms with E-state index in [0.717, 1.165) is 25.8 Å². The van der Waals surface area contributed by atoms with Gasteiger partial charge >= 0.3 is 0 Å². The van der Waals surface area contributed by atoms with Gasteiger partial charge in [-0.3, -0.25) is 0 Å². The molecule has 0 spiro atoms. The van der Waals surface area contributed by atoms with Gasteiger partial charge in [0.2, 0.25) is 0 Å². The third kappa shape index (κ3) is 3.62. The molecule has 0 aliphatic carbocycles. The van der Waals surface area contributed by atoms with Crippen LogP contribution in [0.5, 0.6) is 5.75 Å². The van der Waals surface area contributed by atoms with Crippen molar-refractivity contribution in [3.63, 3.8) is 0 Å². The Kier molecular flexibility index (Phi) is 5.24. The van der Waals surface area contributed by atoms with Crippen molar-refractivity contribution >= 4 is 31.9 Å². The van der Waals surface area contributed by atoms with Gasteiger partial charge in [0.1, 0.15) is 12.4 Å². The molecule has 2 aromatic carbocycles. The van der Waals surface area contributed by atoms with Crippen LogP contribution in [0.1, 0.15) is 22.3 Å². The maximum atomic E-state index is 9.16. The maximum absolute atomic E-state index is 9.16. The van der Waals surface area contributed by atoms with Crippen LogP contribution in [0.3, 0.4) is 0 Å². The summed E-state index contributed by atoms with van der Waals surface area (Å²) in [6.07, 6.45) is 0. The van der Waals surface area contributed by atoms with Gasteiger partial charge in [-0.15, -0.1) is 0 Å². The summed E-state index contributed by atoms with van der Waals surface area (Å²) < 4.78 is 7.54. The molecule has 2 rings (SSSR count).